The standard InChI is InChI=1S/C21H27F3N4OS.CH4/c22-21(23,24)13-28-9-7-16(8-10-28)30-12-19-26-18-11-15(25-14-3-1-2-4-14)5-6-17(18)20(29)27-19;/h5-6,11,14,16,25H,1-4,7-10,12-13H2,(H,26,27,29);1H4. The number of nitrogens with zero attached hydrogens (tertiary/aromatic N) is 2. The fourth-order valence-electron chi connectivity index (χ4n) is 4.34. The zero-order valence-corrected chi connectivity index (χ0v) is 17.6. The largest absolute Gasteiger partial charge is 0.401 e. The maximum atomic E-state index is 12.5. The van der Waals surface area contributed by atoms with Gasteiger partial charge in [-0.05, 0) is 57.0 Å². The van der Waals surface area contributed by atoms with E-state index in [0.717, 1.165) is 5.69 Å². The molecule has 1 aromatic heterocycles. The van der Waals surface area contributed by atoms with Crippen LogP contribution >= 0.6 is 11.8 Å². The molecular formula is C22H31F3N4OS. The molecule has 0 amide bonds. The highest BCUT2D eigenvalue weighted by molar-refractivity contribution is 7.99. The predicted molar refractivity (Wildman–Crippen MR) is 122 cm³/mol. The molecule has 0 spiro atoms. The highest BCUT2D eigenvalue weighted by atomic mass is 32.2. The Morgan fingerprint density at radius 1 is 1.16 bits per heavy atom. The number of likely N-dealkylation sites (tertiary alicyclic amines) is 1. The zero-order valence-electron chi connectivity index (χ0n) is 16.8. The second-order valence-corrected chi connectivity index (χ2v) is 9.56. The van der Waals surface area contributed by atoms with Crippen LogP contribution in [0.4, 0.5) is 18.9 Å². The van der Waals surface area contributed by atoms with E-state index in [4.69, 9.17) is 0 Å². The van der Waals surface area contributed by atoms with Gasteiger partial charge in [0.15, 0.2) is 0 Å². The van der Waals surface area contributed by atoms with Crippen LogP contribution < -0.4 is 10.9 Å². The number of thioether (sulfide) groups is 1. The number of piperidine rings is 1. The second kappa shape index (κ2) is 10.3. The van der Waals surface area contributed by atoms with Crippen LogP contribution in [0, 0.1) is 0 Å². The van der Waals surface area contributed by atoms with E-state index in [2.05, 4.69) is 15.3 Å². The molecule has 5 nitrogen and oxygen atoms in total. The third kappa shape index (κ3) is 6.62. The van der Waals surface area contributed by atoms with Crippen LogP contribution in [-0.2, 0) is 5.75 Å². The van der Waals surface area contributed by atoms with Gasteiger partial charge in [0.25, 0.3) is 5.56 Å². The Balaban J connectivity index is 0.00000272. The lowest BCUT2D eigenvalue weighted by Crippen LogP contribution is -2.40. The van der Waals surface area contributed by atoms with Gasteiger partial charge >= 0.3 is 6.18 Å². The van der Waals surface area contributed by atoms with Crippen LogP contribution in [0.25, 0.3) is 10.9 Å². The number of anilines is 1. The number of alkyl halides is 3. The van der Waals surface area contributed by atoms with Gasteiger partial charge in [-0.3, -0.25) is 9.69 Å². The molecule has 0 bridgehead atoms. The minimum Gasteiger partial charge on any atom is -0.382 e. The van der Waals surface area contributed by atoms with Gasteiger partial charge in [-0.1, -0.05) is 20.3 Å². The van der Waals surface area contributed by atoms with E-state index in [1.807, 2.05) is 18.2 Å². The minimum atomic E-state index is -4.14. The first-order chi connectivity index (χ1) is 14.4. The summed E-state index contributed by atoms with van der Waals surface area (Å²) in [5, 5.41) is 4.39. The topological polar surface area (TPSA) is 61.0 Å². The third-order valence-corrected chi connectivity index (χ3v) is 7.26. The molecule has 4 rings (SSSR count). The average molecular weight is 457 g/mol. The van der Waals surface area contributed by atoms with E-state index in [-0.39, 0.29) is 18.2 Å². The van der Waals surface area contributed by atoms with Gasteiger partial charge in [-0.2, -0.15) is 24.9 Å². The highest BCUT2D eigenvalue weighted by Crippen LogP contribution is 2.28. The molecule has 0 radical (unpaired) electrons. The number of hydrogen-bond acceptors (Lipinski definition) is 5. The van der Waals surface area contributed by atoms with Crippen molar-refractivity contribution in [2.75, 3.05) is 25.0 Å². The smallest absolute Gasteiger partial charge is 0.382 e. The molecule has 1 aliphatic heterocycles. The summed E-state index contributed by atoms with van der Waals surface area (Å²) in [7, 11) is 0. The van der Waals surface area contributed by atoms with Crippen LogP contribution in [0.1, 0.15) is 51.8 Å². The molecule has 2 aromatic rings. The highest BCUT2D eigenvalue weighted by Gasteiger charge is 2.32. The molecule has 31 heavy (non-hydrogen) atoms. The molecule has 9 heteroatoms. The van der Waals surface area contributed by atoms with Crippen LogP contribution in [0.15, 0.2) is 23.0 Å². The van der Waals surface area contributed by atoms with Crippen molar-refractivity contribution in [2.24, 2.45) is 0 Å². The lowest BCUT2D eigenvalue weighted by molar-refractivity contribution is -0.147. The van der Waals surface area contributed by atoms with E-state index >= 15 is 0 Å². The Hall–Kier alpha value is -1.74. The molecule has 1 aromatic carbocycles. The molecular weight excluding hydrogens is 425 g/mol. The number of rotatable bonds is 6. The van der Waals surface area contributed by atoms with Crippen molar-refractivity contribution >= 4 is 28.4 Å². The number of halogens is 3. The molecule has 0 atom stereocenters. The van der Waals surface area contributed by atoms with Crippen molar-refractivity contribution in [3.8, 4) is 0 Å². The lowest BCUT2D eigenvalue weighted by Gasteiger charge is -2.31. The molecule has 2 N–H and O–H groups in total. The van der Waals surface area contributed by atoms with Crippen LogP contribution in [0.5, 0.6) is 0 Å². The van der Waals surface area contributed by atoms with E-state index in [1.54, 1.807) is 11.8 Å². The monoisotopic (exact) mass is 456 g/mol. The maximum Gasteiger partial charge on any atom is 0.401 e. The van der Waals surface area contributed by atoms with Crippen molar-refractivity contribution in [2.45, 2.75) is 69.2 Å². The number of aromatic amines is 1. The van der Waals surface area contributed by atoms with Crippen molar-refractivity contribution in [1.82, 2.24) is 14.9 Å². The van der Waals surface area contributed by atoms with Gasteiger partial charge in [-0.25, -0.2) is 4.98 Å². The summed E-state index contributed by atoms with van der Waals surface area (Å²) in [5.41, 5.74) is 1.52. The number of benzene rings is 1. The Kier molecular flexibility index (Phi) is 7.91. The van der Waals surface area contributed by atoms with Crippen molar-refractivity contribution in [3.63, 3.8) is 0 Å². The van der Waals surface area contributed by atoms with Gasteiger partial charge in [0.05, 0.1) is 23.2 Å². The molecule has 1 aliphatic carbocycles. The number of aromatic nitrogens is 2. The summed E-state index contributed by atoms with van der Waals surface area (Å²) < 4.78 is 37.6. The zero-order chi connectivity index (χ0) is 21.1. The van der Waals surface area contributed by atoms with Crippen LogP contribution in [0.3, 0.4) is 0 Å². The van der Waals surface area contributed by atoms with E-state index in [1.165, 1.54) is 30.6 Å². The van der Waals surface area contributed by atoms with Crippen molar-refractivity contribution in [3.05, 3.63) is 34.4 Å². The molecule has 2 heterocycles. The van der Waals surface area contributed by atoms with Crippen LogP contribution in [-0.4, -0.2) is 52.0 Å². The fraction of sp³-hybridized carbons (Fsp3) is 0.636. The Morgan fingerprint density at radius 3 is 2.55 bits per heavy atom. The first-order valence-corrected chi connectivity index (χ1v) is 11.6. The summed E-state index contributed by atoms with van der Waals surface area (Å²) in [4.78, 5) is 21.4. The lowest BCUT2D eigenvalue weighted by atomic mass is 10.1. The third-order valence-electron chi connectivity index (χ3n) is 5.87. The number of hydrogen-bond donors (Lipinski definition) is 2. The first kappa shape index (κ1) is 23.9. The summed E-state index contributed by atoms with van der Waals surface area (Å²) in [6.07, 6.45) is 2.14. The van der Waals surface area contributed by atoms with Gasteiger partial charge in [0.1, 0.15) is 5.82 Å². The first-order valence-electron chi connectivity index (χ1n) is 10.6. The quantitative estimate of drug-likeness (QED) is 0.628. The Bertz CT molecular complexity index is 919. The maximum absolute atomic E-state index is 12.5. The van der Waals surface area contributed by atoms with Gasteiger partial charge in [0.2, 0.25) is 0 Å². The number of H-pyrrole nitrogens is 1. The molecule has 2 aliphatic rings. The van der Waals surface area contributed by atoms with Gasteiger partial charge in [0, 0.05) is 17.0 Å². The second-order valence-electron chi connectivity index (χ2n) is 8.27. The summed E-state index contributed by atoms with van der Waals surface area (Å²) in [6, 6.07) is 6.17. The molecule has 1 saturated heterocycles. The molecule has 1 saturated carbocycles. The fourth-order valence-corrected chi connectivity index (χ4v) is 5.41. The van der Waals surface area contributed by atoms with Gasteiger partial charge < -0.3 is 10.3 Å². The minimum absolute atomic E-state index is 0. The van der Waals surface area contributed by atoms with Crippen molar-refractivity contribution in [1.29, 1.82) is 0 Å². The van der Waals surface area contributed by atoms with Gasteiger partial charge in [-0.15, -0.1) is 0 Å². The van der Waals surface area contributed by atoms with Crippen molar-refractivity contribution < 1.29 is 13.2 Å². The summed E-state index contributed by atoms with van der Waals surface area (Å²) in [5.74, 6) is 1.17. The Labute approximate surface area is 185 Å². The van der Waals surface area contributed by atoms with E-state index < -0.39 is 12.7 Å². The predicted octanol–water partition coefficient (Wildman–Crippen LogP) is 5.17. The summed E-state index contributed by atoms with van der Waals surface area (Å²) >= 11 is 1.66. The summed E-state index contributed by atoms with van der Waals surface area (Å²) in [6.45, 7) is 0.0746. The number of nitrogens with one attached hydrogen (secondary N) is 2. The normalized spacial score (nSPS) is 18.9. The molecule has 2 fully saturated rings. The van der Waals surface area contributed by atoms with Crippen LogP contribution in [0.2, 0.25) is 0 Å². The average Bonchev–Trinajstić information content (AvgIpc) is 3.19. The molecule has 172 valence electrons. The SMILES string of the molecule is C.O=c1[nH]c(CSC2CCN(CC(F)(F)F)CC2)nc2cc(NC3CCCC3)ccc12. The Morgan fingerprint density at radius 2 is 1.87 bits per heavy atom. The van der Waals surface area contributed by atoms with E-state index in [9.17, 15) is 18.0 Å². The molecule has 0 unspecified atom stereocenters. The number of fused-ring (bicyclic) bond motifs is 1. The van der Waals surface area contributed by atoms with E-state index in [0.29, 0.717) is 54.5 Å².